The topological polar surface area (TPSA) is 55.1 Å². The van der Waals surface area contributed by atoms with Crippen molar-refractivity contribution >= 4 is 11.6 Å². The summed E-state index contributed by atoms with van der Waals surface area (Å²) in [7, 11) is 0. The van der Waals surface area contributed by atoms with Gasteiger partial charge in [0, 0.05) is 11.1 Å². The molecule has 0 fully saturated rings. The lowest BCUT2D eigenvalue weighted by atomic mass is 9.97. The molecule has 0 spiro atoms. The Morgan fingerprint density at radius 1 is 1.18 bits per heavy atom. The molecule has 2 aromatic rings. The Morgan fingerprint density at radius 3 is 2.27 bits per heavy atom. The zero-order valence-electron chi connectivity index (χ0n) is 14.2. The molecule has 4 heteroatoms. The fourth-order valence-electron chi connectivity index (χ4n) is 2.25. The molecule has 2 rings (SSSR count). The van der Waals surface area contributed by atoms with Gasteiger partial charge in [0.15, 0.2) is 5.89 Å². The predicted molar refractivity (Wildman–Crippen MR) is 88.2 cm³/mol. The highest BCUT2D eigenvalue weighted by atomic mass is 16.4. The minimum absolute atomic E-state index is 0.0860. The van der Waals surface area contributed by atoms with E-state index in [1.807, 2.05) is 59.7 Å². The van der Waals surface area contributed by atoms with Gasteiger partial charge in [-0.1, -0.05) is 39.0 Å². The van der Waals surface area contributed by atoms with E-state index in [0.29, 0.717) is 11.7 Å². The monoisotopic (exact) mass is 300 g/mol. The van der Waals surface area contributed by atoms with Gasteiger partial charge in [0.05, 0.1) is 12.1 Å². The molecule has 1 heterocycles. The average molecular weight is 300 g/mol. The molecule has 0 aliphatic heterocycles. The standard InChI is InChI=1S/C18H24N2O2/c1-11-8-7-9-12(2)16(11)20-15(21)10-14-13(3)19-17(22-14)18(4,5)6/h7-9H,10H2,1-6H3,(H,20,21). The Balaban J connectivity index is 2.15. The molecule has 0 saturated heterocycles. The van der Waals surface area contributed by atoms with Crippen molar-refractivity contribution in [1.29, 1.82) is 0 Å². The van der Waals surface area contributed by atoms with Crippen molar-refractivity contribution in [2.24, 2.45) is 0 Å². The lowest BCUT2D eigenvalue weighted by Crippen LogP contribution is -2.16. The fourth-order valence-corrected chi connectivity index (χ4v) is 2.25. The van der Waals surface area contributed by atoms with E-state index in [0.717, 1.165) is 22.5 Å². The average Bonchev–Trinajstić information content (AvgIpc) is 2.76. The normalized spacial score (nSPS) is 11.5. The number of para-hydroxylation sites is 1. The number of benzene rings is 1. The van der Waals surface area contributed by atoms with E-state index in [1.54, 1.807) is 0 Å². The molecule has 1 aromatic carbocycles. The Morgan fingerprint density at radius 2 is 1.77 bits per heavy atom. The second kappa shape index (κ2) is 5.95. The number of carbonyl (C=O) groups is 1. The van der Waals surface area contributed by atoms with E-state index in [-0.39, 0.29) is 17.7 Å². The summed E-state index contributed by atoms with van der Waals surface area (Å²) in [5.74, 6) is 1.21. The largest absolute Gasteiger partial charge is 0.444 e. The number of nitrogens with zero attached hydrogens (tertiary/aromatic N) is 1. The van der Waals surface area contributed by atoms with Gasteiger partial charge < -0.3 is 9.73 Å². The van der Waals surface area contributed by atoms with Crippen molar-refractivity contribution in [2.45, 2.75) is 53.4 Å². The van der Waals surface area contributed by atoms with Crippen molar-refractivity contribution in [3.63, 3.8) is 0 Å². The van der Waals surface area contributed by atoms with Gasteiger partial charge in [0.25, 0.3) is 0 Å². The van der Waals surface area contributed by atoms with E-state index in [1.165, 1.54) is 0 Å². The molecular formula is C18H24N2O2. The van der Waals surface area contributed by atoms with Crippen LogP contribution in [0.25, 0.3) is 0 Å². The highest BCUT2D eigenvalue weighted by Gasteiger charge is 2.23. The quantitative estimate of drug-likeness (QED) is 0.929. The minimum atomic E-state index is -0.161. The molecule has 1 N–H and O–H groups in total. The Hall–Kier alpha value is -2.10. The highest BCUT2D eigenvalue weighted by Crippen LogP contribution is 2.25. The lowest BCUT2D eigenvalue weighted by Gasteiger charge is -2.12. The van der Waals surface area contributed by atoms with Crippen LogP contribution in [0.5, 0.6) is 0 Å². The zero-order chi connectivity index (χ0) is 16.5. The van der Waals surface area contributed by atoms with E-state index in [9.17, 15) is 4.79 Å². The molecule has 0 atom stereocenters. The molecule has 22 heavy (non-hydrogen) atoms. The third-order valence-electron chi connectivity index (χ3n) is 3.60. The Kier molecular flexibility index (Phi) is 4.40. The maximum absolute atomic E-state index is 12.3. The predicted octanol–water partition coefficient (Wildman–Crippen LogP) is 4.08. The number of aromatic nitrogens is 1. The molecule has 0 radical (unpaired) electrons. The van der Waals surface area contributed by atoms with Crippen LogP contribution in [0.1, 0.15) is 49.2 Å². The maximum atomic E-state index is 12.3. The number of anilines is 1. The number of nitrogens with one attached hydrogen (secondary N) is 1. The SMILES string of the molecule is Cc1cccc(C)c1NC(=O)Cc1oc(C(C)(C)C)nc1C. The second-order valence-corrected chi connectivity index (χ2v) is 6.77. The first-order chi connectivity index (χ1) is 10.2. The van der Waals surface area contributed by atoms with Crippen LogP contribution in [0.3, 0.4) is 0 Å². The first-order valence-corrected chi connectivity index (χ1v) is 7.51. The van der Waals surface area contributed by atoms with E-state index < -0.39 is 0 Å². The van der Waals surface area contributed by atoms with Crippen LogP contribution >= 0.6 is 0 Å². The molecule has 0 bridgehead atoms. The van der Waals surface area contributed by atoms with Crippen LogP contribution in [-0.4, -0.2) is 10.9 Å². The summed E-state index contributed by atoms with van der Waals surface area (Å²) in [6.45, 7) is 12.0. The van der Waals surface area contributed by atoms with Crippen molar-refractivity contribution in [3.05, 3.63) is 46.7 Å². The van der Waals surface area contributed by atoms with Crippen LogP contribution in [0.2, 0.25) is 0 Å². The van der Waals surface area contributed by atoms with Crippen molar-refractivity contribution in [2.75, 3.05) is 5.32 Å². The Bertz CT molecular complexity index is 673. The van der Waals surface area contributed by atoms with Gasteiger partial charge in [-0.15, -0.1) is 0 Å². The summed E-state index contributed by atoms with van der Waals surface area (Å²) in [6, 6.07) is 5.95. The number of carbonyl (C=O) groups excluding carboxylic acids is 1. The molecule has 0 saturated carbocycles. The summed E-state index contributed by atoms with van der Waals surface area (Å²) >= 11 is 0. The number of hydrogen-bond acceptors (Lipinski definition) is 3. The smallest absolute Gasteiger partial charge is 0.232 e. The molecule has 1 amide bonds. The van der Waals surface area contributed by atoms with Crippen LogP contribution < -0.4 is 5.32 Å². The van der Waals surface area contributed by atoms with Crippen LogP contribution in [0.4, 0.5) is 5.69 Å². The first-order valence-electron chi connectivity index (χ1n) is 7.51. The summed E-state index contributed by atoms with van der Waals surface area (Å²) in [5.41, 5.74) is 3.60. The summed E-state index contributed by atoms with van der Waals surface area (Å²) < 4.78 is 5.78. The number of amides is 1. The van der Waals surface area contributed by atoms with Gasteiger partial charge in [-0.05, 0) is 31.9 Å². The molecule has 118 valence electrons. The van der Waals surface area contributed by atoms with E-state index >= 15 is 0 Å². The van der Waals surface area contributed by atoms with Gasteiger partial charge in [-0.3, -0.25) is 4.79 Å². The lowest BCUT2D eigenvalue weighted by molar-refractivity contribution is -0.115. The summed E-state index contributed by atoms with van der Waals surface area (Å²) in [6.07, 6.45) is 0.197. The fraction of sp³-hybridized carbons (Fsp3) is 0.444. The molecule has 0 unspecified atom stereocenters. The maximum Gasteiger partial charge on any atom is 0.232 e. The van der Waals surface area contributed by atoms with Gasteiger partial charge in [-0.2, -0.15) is 0 Å². The second-order valence-electron chi connectivity index (χ2n) is 6.77. The van der Waals surface area contributed by atoms with Gasteiger partial charge in [-0.25, -0.2) is 4.98 Å². The molecule has 0 aliphatic rings. The van der Waals surface area contributed by atoms with Crippen LogP contribution in [0, 0.1) is 20.8 Å². The molecule has 0 aliphatic carbocycles. The van der Waals surface area contributed by atoms with Gasteiger partial charge in [0.2, 0.25) is 5.91 Å². The zero-order valence-corrected chi connectivity index (χ0v) is 14.2. The number of aryl methyl sites for hydroxylation is 3. The minimum Gasteiger partial charge on any atom is -0.444 e. The number of oxazole rings is 1. The molecule has 4 nitrogen and oxygen atoms in total. The van der Waals surface area contributed by atoms with Crippen LogP contribution in [0.15, 0.2) is 22.6 Å². The molecular weight excluding hydrogens is 276 g/mol. The summed E-state index contributed by atoms with van der Waals surface area (Å²) in [4.78, 5) is 16.7. The number of rotatable bonds is 3. The molecule has 1 aromatic heterocycles. The van der Waals surface area contributed by atoms with Crippen molar-refractivity contribution in [1.82, 2.24) is 4.98 Å². The first kappa shape index (κ1) is 16.3. The van der Waals surface area contributed by atoms with Gasteiger partial charge >= 0.3 is 0 Å². The number of hydrogen-bond donors (Lipinski definition) is 1. The Labute approximate surface area is 131 Å². The third kappa shape index (κ3) is 3.56. The summed E-state index contributed by atoms with van der Waals surface area (Å²) in [5, 5.41) is 2.98. The van der Waals surface area contributed by atoms with E-state index in [4.69, 9.17) is 4.42 Å². The third-order valence-corrected chi connectivity index (χ3v) is 3.60. The van der Waals surface area contributed by atoms with E-state index in [2.05, 4.69) is 10.3 Å². The highest BCUT2D eigenvalue weighted by molar-refractivity contribution is 5.93. The van der Waals surface area contributed by atoms with Crippen molar-refractivity contribution < 1.29 is 9.21 Å². The van der Waals surface area contributed by atoms with Crippen LogP contribution in [-0.2, 0) is 16.6 Å². The van der Waals surface area contributed by atoms with Crippen molar-refractivity contribution in [3.8, 4) is 0 Å². The van der Waals surface area contributed by atoms with Gasteiger partial charge in [0.1, 0.15) is 5.76 Å².